The smallest absolute Gasteiger partial charge is 0.329 e. The molecule has 0 spiro atoms. The molecule has 0 bridgehead atoms. The molecule has 8 nitrogen and oxygen atoms in total. The van der Waals surface area contributed by atoms with Crippen LogP contribution in [0.2, 0.25) is 5.02 Å². The Morgan fingerprint density at radius 2 is 1.78 bits per heavy atom. The molecule has 0 aromatic heterocycles. The lowest BCUT2D eigenvalue weighted by Crippen LogP contribution is -2.47. The summed E-state index contributed by atoms with van der Waals surface area (Å²) in [5, 5.41) is 2.98. The fraction of sp³-hybridized carbons (Fsp3) is 0.478. The molecule has 3 amide bonds. The largest absolute Gasteiger partial charge is 0.495 e. The molecule has 3 rings (SSSR count). The molecule has 1 aliphatic heterocycles. The highest BCUT2D eigenvalue weighted by atomic mass is 35.5. The van der Waals surface area contributed by atoms with Gasteiger partial charge in [-0.3, -0.25) is 19.3 Å². The van der Waals surface area contributed by atoms with Crippen LogP contribution in [0.15, 0.2) is 30.4 Å². The summed E-state index contributed by atoms with van der Waals surface area (Å²) in [5.41, 5.74) is 0.334. The zero-order valence-electron chi connectivity index (χ0n) is 18.3. The highest BCUT2D eigenvalue weighted by Gasteiger charge is 2.51. The van der Waals surface area contributed by atoms with E-state index in [9.17, 15) is 19.2 Å². The van der Waals surface area contributed by atoms with Crippen molar-refractivity contribution in [3.8, 4) is 5.75 Å². The van der Waals surface area contributed by atoms with Gasteiger partial charge in [0.25, 0.3) is 5.91 Å². The van der Waals surface area contributed by atoms with E-state index in [0.29, 0.717) is 29.3 Å². The predicted molar refractivity (Wildman–Crippen MR) is 118 cm³/mol. The number of anilines is 1. The van der Waals surface area contributed by atoms with Gasteiger partial charge in [0.1, 0.15) is 11.8 Å². The highest BCUT2D eigenvalue weighted by molar-refractivity contribution is 6.31. The van der Waals surface area contributed by atoms with Crippen LogP contribution in [0, 0.1) is 17.8 Å². The molecule has 1 fully saturated rings. The van der Waals surface area contributed by atoms with E-state index < -0.39 is 36.4 Å². The number of esters is 1. The zero-order valence-corrected chi connectivity index (χ0v) is 19.1. The number of nitrogens with zero attached hydrogens (tertiary/aromatic N) is 1. The number of carbonyl (C=O) groups is 4. The molecule has 172 valence electrons. The number of ether oxygens (including phenoxy) is 2. The fourth-order valence-corrected chi connectivity index (χ4v) is 4.26. The van der Waals surface area contributed by atoms with E-state index in [4.69, 9.17) is 21.1 Å². The maximum atomic E-state index is 12.9. The first-order chi connectivity index (χ1) is 15.2. The first kappa shape index (κ1) is 23.8. The van der Waals surface area contributed by atoms with Crippen molar-refractivity contribution in [3.63, 3.8) is 0 Å². The Labute approximate surface area is 191 Å². The fourth-order valence-electron chi connectivity index (χ4n) is 4.08. The molecule has 0 saturated carbocycles. The summed E-state index contributed by atoms with van der Waals surface area (Å²) < 4.78 is 10.4. The standard InChI is InChI=1S/C23H27ClN2O6/c1-13(2)10-18(26-21(28)15-6-4-5-7-16(15)22(26)29)23(30)32-12-20(27)25-17-11-14(24)8-9-19(17)31-3/h4-5,8-9,11,13,15-16,18H,6-7,10,12H2,1-3H3,(H,25,27)/t15-,16-,18-/m0/s1. The number of amides is 3. The van der Waals surface area contributed by atoms with Crippen LogP contribution in [0.4, 0.5) is 5.69 Å². The number of likely N-dealkylation sites (tertiary alicyclic amines) is 1. The van der Waals surface area contributed by atoms with Gasteiger partial charge in [0, 0.05) is 5.02 Å². The van der Waals surface area contributed by atoms with Crippen molar-refractivity contribution in [3.05, 3.63) is 35.4 Å². The van der Waals surface area contributed by atoms with E-state index in [2.05, 4.69) is 5.32 Å². The molecule has 1 aliphatic carbocycles. The van der Waals surface area contributed by atoms with Crippen molar-refractivity contribution >= 4 is 41.0 Å². The van der Waals surface area contributed by atoms with Crippen molar-refractivity contribution in [2.75, 3.05) is 19.0 Å². The predicted octanol–water partition coefficient (Wildman–Crippen LogP) is 3.20. The van der Waals surface area contributed by atoms with Gasteiger partial charge in [-0.1, -0.05) is 37.6 Å². The molecule has 3 atom stereocenters. The Morgan fingerprint density at radius 1 is 1.16 bits per heavy atom. The van der Waals surface area contributed by atoms with Gasteiger partial charge in [0.05, 0.1) is 24.6 Å². The number of benzene rings is 1. The van der Waals surface area contributed by atoms with Crippen molar-refractivity contribution in [2.24, 2.45) is 17.8 Å². The second-order valence-corrected chi connectivity index (χ2v) is 8.78. The summed E-state index contributed by atoms with van der Waals surface area (Å²) in [6.45, 7) is 3.20. The number of allylic oxidation sites excluding steroid dienone is 2. The minimum absolute atomic E-state index is 0.0263. The monoisotopic (exact) mass is 462 g/mol. The number of carbonyl (C=O) groups excluding carboxylic acids is 4. The molecule has 1 aromatic carbocycles. The van der Waals surface area contributed by atoms with Crippen LogP contribution in [0.1, 0.15) is 33.1 Å². The van der Waals surface area contributed by atoms with Crippen LogP contribution in [0.5, 0.6) is 5.75 Å². The summed E-state index contributed by atoms with van der Waals surface area (Å²) >= 11 is 5.96. The summed E-state index contributed by atoms with van der Waals surface area (Å²) in [4.78, 5) is 52.1. The Hall–Kier alpha value is -2.87. The van der Waals surface area contributed by atoms with E-state index in [1.165, 1.54) is 13.2 Å². The lowest BCUT2D eigenvalue weighted by molar-refractivity contribution is -0.160. The summed E-state index contributed by atoms with van der Waals surface area (Å²) in [6.07, 6.45) is 5.01. The van der Waals surface area contributed by atoms with Crippen molar-refractivity contribution in [1.29, 1.82) is 0 Å². The number of rotatable bonds is 8. The Bertz CT molecular complexity index is 918. The van der Waals surface area contributed by atoms with Crippen molar-refractivity contribution in [2.45, 2.75) is 39.2 Å². The average molecular weight is 463 g/mol. The molecule has 1 N–H and O–H groups in total. The third kappa shape index (κ3) is 5.12. The minimum atomic E-state index is -1.06. The molecule has 32 heavy (non-hydrogen) atoms. The van der Waals surface area contributed by atoms with E-state index in [-0.39, 0.29) is 24.2 Å². The maximum Gasteiger partial charge on any atom is 0.329 e. The summed E-state index contributed by atoms with van der Waals surface area (Å²) in [7, 11) is 1.45. The van der Waals surface area contributed by atoms with E-state index in [1.807, 2.05) is 26.0 Å². The Balaban J connectivity index is 1.68. The number of fused-ring (bicyclic) bond motifs is 1. The molecule has 1 heterocycles. The van der Waals surface area contributed by atoms with Crippen LogP contribution in [-0.4, -0.2) is 48.3 Å². The van der Waals surface area contributed by atoms with Crippen LogP contribution in [0.25, 0.3) is 0 Å². The van der Waals surface area contributed by atoms with Gasteiger partial charge >= 0.3 is 5.97 Å². The Morgan fingerprint density at radius 3 is 2.34 bits per heavy atom. The third-order valence-electron chi connectivity index (χ3n) is 5.60. The number of halogens is 1. The molecule has 1 aromatic rings. The first-order valence-corrected chi connectivity index (χ1v) is 10.9. The number of hydrogen-bond donors (Lipinski definition) is 1. The van der Waals surface area contributed by atoms with Gasteiger partial charge in [-0.15, -0.1) is 0 Å². The van der Waals surface area contributed by atoms with Crippen molar-refractivity contribution in [1.82, 2.24) is 4.90 Å². The van der Waals surface area contributed by atoms with Crippen LogP contribution < -0.4 is 10.1 Å². The van der Waals surface area contributed by atoms with Gasteiger partial charge in [-0.05, 0) is 43.4 Å². The second-order valence-electron chi connectivity index (χ2n) is 8.35. The summed E-state index contributed by atoms with van der Waals surface area (Å²) in [5.74, 6) is -2.52. The quantitative estimate of drug-likeness (QED) is 0.361. The van der Waals surface area contributed by atoms with E-state index in [0.717, 1.165) is 4.90 Å². The summed E-state index contributed by atoms with van der Waals surface area (Å²) in [6, 6.07) is 3.67. The normalized spacial score (nSPS) is 20.8. The van der Waals surface area contributed by atoms with E-state index in [1.54, 1.807) is 12.1 Å². The number of nitrogens with one attached hydrogen (secondary N) is 1. The van der Waals surface area contributed by atoms with Crippen LogP contribution in [0.3, 0.4) is 0 Å². The first-order valence-electron chi connectivity index (χ1n) is 10.5. The highest BCUT2D eigenvalue weighted by Crippen LogP contribution is 2.37. The molecule has 9 heteroatoms. The van der Waals surface area contributed by atoms with Gasteiger partial charge < -0.3 is 14.8 Å². The molecule has 1 saturated heterocycles. The SMILES string of the molecule is COc1ccc(Cl)cc1NC(=O)COC(=O)[C@H](CC(C)C)N1C(=O)[C@H]2CC=CC[C@@H]2C1=O. The average Bonchev–Trinajstić information content (AvgIpc) is 3.01. The van der Waals surface area contributed by atoms with Crippen molar-refractivity contribution < 1.29 is 28.7 Å². The maximum absolute atomic E-state index is 12.9. The lowest BCUT2D eigenvalue weighted by atomic mass is 9.85. The molecular formula is C23H27ClN2O6. The van der Waals surface area contributed by atoms with Crippen LogP contribution >= 0.6 is 11.6 Å². The number of imide groups is 1. The molecule has 2 aliphatic rings. The molecule has 0 unspecified atom stereocenters. The number of methoxy groups -OCH3 is 1. The van der Waals surface area contributed by atoms with E-state index >= 15 is 0 Å². The van der Waals surface area contributed by atoms with Gasteiger partial charge in [-0.25, -0.2) is 4.79 Å². The minimum Gasteiger partial charge on any atom is -0.495 e. The third-order valence-corrected chi connectivity index (χ3v) is 5.84. The Kier molecular flexibility index (Phi) is 7.56. The van der Waals surface area contributed by atoms with Gasteiger partial charge in [0.2, 0.25) is 11.8 Å². The second kappa shape index (κ2) is 10.2. The topological polar surface area (TPSA) is 102 Å². The molecular weight excluding hydrogens is 436 g/mol. The zero-order chi connectivity index (χ0) is 23.4. The molecule has 0 radical (unpaired) electrons. The number of hydrogen-bond acceptors (Lipinski definition) is 6. The van der Waals surface area contributed by atoms with Gasteiger partial charge in [0.15, 0.2) is 6.61 Å². The van der Waals surface area contributed by atoms with Gasteiger partial charge in [-0.2, -0.15) is 0 Å². The lowest BCUT2D eigenvalue weighted by Gasteiger charge is -2.26. The van der Waals surface area contributed by atoms with Crippen LogP contribution in [-0.2, 0) is 23.9 Å².